The fraction of sp³-hybridized carbons (Fsp3) is 0.357. The lowest BCUT2D eigenvalue weighted by Gasteiger charge is -2.32. The first-order chi connectivity index (χ1) is 17.5. The molecule has 2 aliphatic carbocycles. The van der Waals surface area contributed by atoms with Crippen LogP contribution in [0.5, 0.6) is 0 Å². The van der Waals surface area contributed by atoms with Crippen molar-refractivity contribution < 1.29 is 4.79 Å². The summed E-state index contributed by atoms with van der Waals surface area (Å²) in [7, 11) is 0. The number of carbonyl (C=O) groups is 1. The molecule has 2 amide bonds. The van der Waals surface area contributed by atoms with Gasteiger partial charge in [-0.3, -0.25) is 5.10 Å². The fourth-order valence-electron chi connectivity index (χ4n) is 5.43. The van der Waals surface area contributed by atoms with Crippen LogP contribution in [0.3, 0.4) is 0 Å². The van der Waals surface area contributed by atoms with Gasteiger partial charge in [0.2, 0.25) is 0 Å². The van der Waals surface area contributed by atoms with E-state index < -0.39 is 5.54 Å². The quantitative estimate of drug-likeness (QED) is 0.361. The Balaban J connectivity index is 1.13. The number of nitrogens with zero attached hydrogens (tertiary/aromatic N) is 4. The van der Waals surface area contributed by atoms with Gasteiger partial charge in [-0.15, -0.1) is 0 Å². The number of aromatic amines is 1. The number of hydrogen-bond acceptors (Lipinski definition) is 5. The van der Waals surface area contributed by atoms with E-state index in [4.69, 9.17) is 9.97 Å². The lowest BCUT2D eigenvalue weighted by atomic mass is 10.0. The topological polar surface area (TPSA) is 98.8 Å². The largest absolute Gasteiger partial charge is 0.335 e. The molecule has 3 aliphatic rings. The van der Waals surface area contributed by atoms with Crippen LogP contribution in [0, 0.1) is 0 Å². The summed E-state index contributed by atoms with van der Waals surface area (Å²) in [4.78, 5) is 24.9. The van der Waals surface area contributed by atoms with Gasteiger partial charge in [0, 0.05) is 28.8 Å². The predicted octanol–water partition coefficient (Wildman–Crippen LogP) is 5.29. The highest BCUT2D eigenvalue weighted by molar-refractivity contribution is 5.91. The van der Waals surface area contributed by atoms with Gasteiger partial charge in [-0.05, 0) is 50.8 Å². The number of rotatable bonds is 5. The Kier molecular flexibility index (Phi) is 4.61. The van der Waals surface area contributed by atoms with E-state index in [1.807, 2.05) is 35.2 Å². The van der Waals surface area contributed by atoms with Crippen LogP contribution < -0.4 is 10.6 Å². The molecule has 3 heterocycles. The highest BCUT2D eigenvalue weighted by Crippen LogP contribution is 2.44. The van der Waals surface area contributed by atoms with Crippen molar-refractivity contribution in [3.05, 3.63) is 77.2 Å². The molecule has 0 radical (unpaired) electrons. The van der Waals surface area contributed by atoms with Crippen LogP contribution in [0.25, 0.3) is 10.9 Å². The third-order valence-electron chi connectivity index (χ3n) is 7.84. The van der Waals surface area contributed by atoms with Gasteiger partial charge in [-0.25, -0.2) is 14.8 Å². The van der Waals surface area contributed by atoms with E-state index in [-0.39, 0.29) is 12.1 Å². The Hall–Kier alpha value is -3.94. The summed E-state index contributed by atoms with van der Waals surface area (Å²) in [5.41, 5.74) is 3.67. The molecule has 0 bridgehead atoms. The van der Waals surface area contributed by atoms with E-state index in [0.717, 1.165) is 53.1 Å². The minimum atomic E-state index is -0.504. The Labute approximate surface area is 209 Å². The van der Waals surface area contributed by atoms with Crippen molar-refractivity contribution in [2.45, 2.75) is 63.1 Å². The first-order valence-electron chi connectivity index (χ1n) is 12.7. The minimum absolute atomic E-state index is 0.0394. The highest BCUT2D eigenvalue weighted by Gasteiger charge is 2.46. The number of nitrogens with one attached hydrogen (secondary N) is 3. The lowest BCUT2D eigenvalue weighted by molar-refractivity contribution is 0.142. The zero-order chi connectivity index (χ0) is 24.4. The molecule has 0 spiro atoms. The van der Waals surface area contributed by atoms with E-state index in [1.165, 1.54) is 5.56 Å². The molecule has 3 N–H and O–H groups in total. The van der Waals surface area contributed by atoms with Gasteiger partial charge in [0.25, 0.3) is 0 Å². The van der Waals surface area contributed by atoms with E-state index in [9.17, 15) is 4.79 Å². The third kappa shape index (κ3) is 3.51. The van der Waals surface area contributed by atoms with Gasteiger partial charge in [-0.2, -0.15) is 5.10 Å². The monoisotopic (exact) mass is 479 g/mol. The SMILES string of the molecule is CC1(C)c2[nH]nc(Nc3nc(C4CC4)nc4ccccc34)c2CN1C(=O)NC1C[C@H]1c1ccccc1. The number of amides is 2. The molecule has 8 nitrogen and oxygen atoms in total. The van der Waals surface area contributed by atoms with Gasteiger partial charge >= 0.3 is 6.03 Å². The molecular formula is C28H29N7O. The number of H-pyrrole nitrogens is 1. The second-order valence-corrected chi connectivity index (χ2v) is 10.7. The predicted molar refractivity (Wildman–Crippen MR) is 138 cm³/mol. The van der Waals surface area contributed by atoms with E-state index in [0.29, 0.717) is 24.2 Å². The van der Waals surface area contributed by atoms with Gasteiger partial charge in [-0.1, -0.05) is 42.5 Å². The molecular weight excluding hydrogens is 450 g/mol. The summed E-state index contributed by atoms with van der Waals surface area (Å²) in [6.45, 7) is 4.61. The smallest absolute Gasteiger partial charge is 0.318 e. The number of benzene rings is 2. The maximum Gasteiger partial charge on any atom is 0.318 e. The molecule has 182 valence electrons. The second kappa shape index (κ2) is 7.78. The molecule has 4 aromatic rings. The molecule has 2 aromatic carbocycles. The average molecular weight is 480 g/mol. The molecule has 1 aliphatic heterocycles. The van der Waals surface area contributed by atoms with Crippen molar-refractivity contribution in [2.24, 2.45) is 0 Å². The molecule has 8 heteroatoms. The van der Waals surface area contributed by atoms with Crippen LogP contribution in [-0.4, -0.2) is 37.1 Å². The standard InChI is InChI=1S/C28H29N7O/c1-28(2)23-20(15-35(28)27(36)30-22-14-19(22)16-8-4-3-5-9-16)26(34-33-23)32-25-18-10-6-7-11-21(18)29-24(31-25)17-12-13-17/h3-11,17,19,22H,12-15H2,1-2H3,(H,30,36)(H2,29,31,32,33,34)/t19-,22?/m0/s1. The Morgan fingerprint density at radius 3 is 2.61 bits per heavy atom. The Bertz CT molecular complexity index is 1470. The molecule has 1 unspecified atom stereocenters. The molecule has 36 heavy (non-hydrogen) atoms. The molecule has 0 saturated heterocycles. The maximum atomic E-state index is 13.4. The summed E-state index contributed by atoms with van der Waals surface area (Å²) in [5.74, 6) is 3.21. The zero-order valence-electron chi connectivity index (χ0n) is 20.5. The van der Waals surface area contributed by atoms with Crippen LogP contribution >= 0.6 is 0 Å². The molecule has 7 rings (SSSR count). The van der Waals surface area contributed by atoms with Crippen molar-refractivity contribution in [2.75, 3.05) is 5.32 Å². The molecule has 2 saturated carbocycles. The van der Waals surface area contributed by atoms with E-state index in [2.05, 4.69) is 58.9 Å². The lowest BCUT2D eigenvalue weighted by Crippen LogP contribution is -2.47. The van der Waals surface area contributed by atoms with Gasteiger partial charge in [0.15, 0.2) is 5.82 Å². The number of hydrogen-bond donors (Lipinski definition) is 3. The number of carbonyl (C=O) groups excluding carboxylic acids is 1. The Morgan fingerprint density at radius 2 is 1.81 bits per heavy atom. The maximum absolute atomic E-state index is 13.4. The van der Waals surface area contributed by atoms with Gasteiger partial charge in [0.1, 0.15) is 11.6 Å². The second-order valence-electron chi connectivity index (χ2n) is 10.7. The summed E-state index contributed by atoms with van der Waals surface area (Å²) in [5, 5.41) is 15.5. The van der Waals surface area contributed by atoms with Gasteiger partial charge < -0.3 is 15.5 Å². The summed E-state index contributed by atoms with van der Waals surface area (Å²) in [6, 6.07) is 18.6. The van der Waals surface area contributed by atoms with E-state index in [1.54, 1.807) is 0 Å². The first-order valence-corrected chi connectivity index (χ1v) is 12.7. The number of para-hydroxylation sites is 1. The first kappa shape index (κ1) is 21.4. The van der Waals surface area contributed by atoms with Crippen molar-refractivity contribution >= 4 is 28.6 Å². The summed E-state index contributed by atoms with van der Waals surface area (Å²) >= 11 is 0. The number of aromatic nitrogens is 4. The van der Waals surface area contributed by atoms with Crippen LogP contribution in [0.15, 0.2) is 54.6 Å². The zero-order valence-corrected chi connectivity index (χ0v) is 20.5. The molecule has 2 aromatic heterocycles. The van der Waals surface area contributed by atoms with Crippen molar-refractivity contribution in [1.29, 1.82) is 0 Å². The van der Waals surface area contributed by atoms with Gasteiger partial charge in [0.05, 0.1) is 23.3 Å². The number of urea groups is 1. The molecule has 2 fully saturated rings. The number of anilines is 2. The van der Waals surface area contributed by atoms with Crippen LogP contribution in [-0.2, 0) is 12.1 Å². The fourth-order valence-corrected chi connectivity index (χ4v) is 5.43. The summed E-state index contributed by atoms with van der Waals surface area (Å²) in [6.07, 6.45) is 3.26. The minimum Gasteiger partial charge on any atom is -0.335 e. The summed E-state index contributed by atoms with van der Waals surface area (Å²) < 4.78 is 0. The molecule has 2 atom stereocenters. The van der Waals surface area contributed by atoms with Crippen molar-refractivity contribution in [1.82, 2.24) is 30.4 Å². The Morgan fingerprint density at radius 1 is 1.03 bits per heavy atom. The van der Waals surface area contributed by atoms with Crippen LogP contribution in [0.2, 0.25) is 0 Å². The third-order valence-corrected chi connectivity index (χ3v) is 7.84. The van der Waals surface area contributed by atoms with Crippen molar-refractivity contribution in [3.63, 3.8) is 0 Å². The highest BCUT2D eigenvalue weighted by atomic mass is 16.2. The van der Waals surface area contributed by atoms with Crippen molar-refractivity contribution in [3.8, 4) is 0 Å². The van der Waals surface area contributed by atoms with Crippen LogP contribution in [0.4, 0.5) is 16.4 Å². The average Bonchev–Trinajstić information content (AvgIpc) is 3.80. The normalized spacial score (nSPS) is 21.9. The van der Waals surface area contributed by atoms with E-state index >= 15 is 0 Å². The van der Waals surface area contributed by atoms with Crippen LogP contribution in [0.1, 0.15) is 67.6 Å². The number of fused-ring (bicyclic) bond motifs is 2.